The maximum atomic E-state index is 13.5. The van der Waals surface area contributed by atoms with Crippen molar-refractivity contribution < 1.29 is 0 Å². The topological polar surface area (TPSA) is 69.3 Å². The van der Waals surface area contributed by atoms with Gasteiger partial charge in [-0.2, -0.15) is 0 Å². The number of thioether (sulfide) groups is 1. The first-order valence-corrected chi connectivity index (χ1v) is 13.3. The summed E-state index contributed by atoms with van der Waals surface area (Å²) in [6, 6.07) is 1.58. The molecule has 0 unspecified atom stereocenters. The molecule has 4 aromatic heterocycles. The number of nitrogens with zero attached hydrogens (tertiary/aromatic N) is 4. The van der Waals surface area contributed by atoms with Gasteiger partial charge in [0.25, 0.3) is 11.1 Å². The van der Waals surface area contributed by atoms with Gasteiger partial charge in [-0.15, -0.1) is 22.7 Å². The molecule has 0 aromatic carbocycles. The lowest BCUT2D eigenvalue weighted by molar-refractivity contribution is 0.481. The van der Waals surface area contributed by atoms with Crippen molar-refractivity contribution in [3.63, 3.8) is 0 Å². The molecule has 0 bridgehead atoms. The van der Waals surface area contributed by atoms with E-state index in [1.54, 1.807) is 28.0 Å². The zero-order valence-corrected chi connectivity index (χ0v) is 20.0. The van der Waals surface area contributed by atoms with Gasteiger partial charge >= 0.3 is 0 Å². The lowest BCUT2D eigenvalue weighted by atomic mass is 9.97. The summed E-state index contributed by atoms with van der Waals surface area (Å²) < 4.78 is 3.41. The minimum Gasteiger partial charge on any atom is -0.287 e. The predicted octanol–water partition coefficient (Wildman–Crippen LogP) is 4.74. The Hall–Kier alpha value is -1.97. The molecule has 0 amide bonds. The van der Waals surface area contributed by atoms with Gasteiger partial charge in [0.2, 0.25) is 0 Å². The van der Waals surface area contributed by atoms with E-state index in [0.717, 1.165) is 41.1 Å². The Morgan fingerprint density at radius 2 is 2.03 bits per heavy atom. The van der Waals surface area contributed by atoms with Gasteiger partial charge in [0.1, 0.15) is 4.83 Å². The molecule has 4 aromatic rings. The SMILES string of the molecule is CC(C)CCn1c(SCc2cc(=O)n3ccsc3n2)nc2sc3c(c2c1=O)CCCC3. The van der Waals surface area contributed by atoms with Crippen LogP contribution in [0.5, 0.6) is 0 Å². The standard InChI is InChI=1S/C22H24N4O2S3/c1-13(2)7-8-26-20(28)18-15-5-3-4-6-16(15)31-19(18)24-22(26)30-12-14-11-17(27)25-9-10-29-21(25)23-14/h9-11,13H,3-8,12H2,1-2H3. The largest absolute Gasteiger partial charge is 0.287 e. The van der Waals surface area contributed by atoms with Crippen LogP contribution < -0.4 is 11.1 Å². The van der Waals surface area contributed by atoms with E-state index in [4.69, 9.17) is 4.98 Å². The van der Waals surface area contributed by atoms with Crippen LogP contribution in [0.15, 0.2) is 32.4 Å². The Kier molecular flexibility index (Phi) is 5.75. The zero-order valence-electron chi connectivity index (χ0n) is 17.6. The second-order valence-electron chi connectivity index (χ2n) is 8.35. The van der Waals surface area contributed by atoms with Crippen LogP contribution in [0.3, 0.4) is 0 Å². The van der Waals surface area contributed by atoms with E-state index in [0.29, 0.717) is 28.9 Å². The molecule has 31 heavy (non-hydrogen) atoms. The van der Waals surface area contributed by atoms with E-state index in [2.05, 4.69) is 18.8 Å². The first-order valence-electron chi connectivity index (χ1n) is 10.6. The zero-order chi connectivity index (χ0) is 21.5. The molecule has 0 atom stereocenters. The fraction of sp³-hybridized carbons (Fsp3) is 0.455. The molecular formula is C22H24N4O2S3. The average Bonchev–Trinajstić information content (AvgIpc) is 3.36. The van der Waals surface area contributed by atoms with Gasteiger partial charge in [-0.25, -0.2) is 9.97 Å². The van der Waals surface area contributed by atoms with E-state index in [1.165, 1.54) is 40.0 Å². The van der Waals surface area contributed by atoms with Crippen LogP contribution in [0.25, 0.3) is 15.2 Å². The molecule has 4 heterocycles. The van der Waals surface area contributed by atoms with Gasteiger partial charge in [0.15, 0.2) is 10.1 Å². The highest BCUT2D eigenvalue weighted by Crippen LogP contribution is 2.35. The van der Waals surface area contributed by atoms with Crippen molar-refractivity contribution in [2.24, 2.45) is 5.92 Å². The molecule has 0 aliphatic heterocycles. The van der Waals surface area contributed by atoms with Gasteiger partial charge in [0, 0.05) is 34.8 Å². The number of thiazole rings is 1. The van der Waals surface area contributed by atoms with E-state index < -0.39 is 0 Å². The van der Waals surface area contributed by atoms with Gasteiger partial charge in [0.05, 0.1) is 11.1 Å². The number of aryl methyl sites for hydroxylation is 2. The number of fused-ring (bicyclic) bond motifs is 4. The Labute approximate surface area is 192 Å². The fourth-order valence-corrected chi connectivity index (χ4v) is 6.97. The number of thiophene rings is 1. The van der Waals surface area contributed by atoms with Gasteiger partial charge in [-0.3, -0.25) is 18.6 Å². The van der Waals surface area contributed by atoms with E-state index >= 15 is 0 Å². The summed E-state index contributed by atoms with van der Waals surface area (Å²) in [6.07, 6.45) is 7.04. The maximum Gasteiger partial charge on any atom is 0.263 e. The molecule has 0 fully saturated rings. The molecule has 1 aliphatic rings. The maximum absolute atomic E-state index is 13.5. The monoisotopic (exact) mass is 472 g/mol. The molecule has 0 saturated carbocycles. The Bertz CT molecular complexity index is 1380. The second kappa shape index (κ2) is 8.52. The number of rotatable bonds is 6. The molecule has 9 heteroatoms. The summed E-state index contributed by atoms with van der Waals surface area (Å²) in [7, 11) is 0. The van der Waals surface area contributed by atoms with Crippen molar-refractivity contribution in [2.75, 3.05) is 0 Å². The van der Waals surface area contributed by atoms with Crippen LogP contribution in [0, 0.1) is 5.92 Å². The van der Waals surface area contributed by atoms with Crippen LogP contribution >= 0.6 is 34.4 Å². The minimum atomic E-state index is -0.0756. The second-order valence-corrected chi connectivity index (χ2v) is 11.3. The van der Waals surface area contributed by atoms with E-state index in [-0.39, 0.29) is 11.1 Å². The van der Waals surface area contributed by atoms with Crippen LogP contribution in [0.4, 0.5) is 0 Å². The Balaban J connectivity index is 1.54. The third-order valence-corrected chi connectivity index (χ3v) is 8.63. The van der Waals surface area contributed by atoms with Gasteiger partial charge < -0.3 is 0 Å². The smallest absolute Gasteiger partial charge is 0.263 e. The lowest BCUT2D eigenvalue weighted by Crippen LogP contribution is -2.24. The molecule has 0 saturated heterocycles. The van der Waals surface area contributed by atoms with Crippen molar-refractivity contribution >= 4 is 49.6 Å². The number of hydrogen-bond donors (Lipinski definition) is 0. The summed E-state index contributed by atoms with van der Waals surface area (Å²) in [5.74, 6) is 1.01. The summed E-state index contributed by atoms with van der Waals surface area (Å²) in [4.78, 5) is 38.3. The molecule has 0 N–H and O–H groups in total. The highest BCUT2D eigenvalue weighted by atomic mass is 32.2. The van der Waals surface area contributed by atoms with E-state index in [1.807, 2.05) is 9.95 Å². The first-order chi connectivity index (χ1) is 15.0. The van der Waals surface area contributed by atoms with Crippen molar-refractivity contribution in [3.8, 4) is 0 Å². The molecule has 5 rings (SSSR count). The summed E-state index contributed by atoms with van der Waals surface area (Å²) in [5.41, 5.74) is 1.96. The van der Waals surface area contributed by atoms with Gasteiger partial charge in [-0.05, 0) is 43.6 Å². The Morgan fingerprint density at radius 1 is 1.19 bits per heavy atom. The molecule has 162 valence electrons. The lowest BCUT2D eigenvalue weighted by Gasteiger charge is -2.14. The average molecular weight is 473 g/mol. The van der Waals surface area contributed by atoms with Gasteiger partial charge in [-0.1, -0.05) is 25.6 Å². The third kappa shape index (κ3) is 3.99. The molecule has 6 nitrogen and oxygen atoms in total. The van der Waals surface area contributed by atoms with Crippen molar-refractivity contribution in [3.05, 3.63) is 54.5 Å². The third-order valence-electron chi connectivity index (χ3n) is 5.68. The summed E-state index contributed by atoms with van der Waals surface area (Å²) >= 11 is 4.63. The van der Waals surface area contributed by atoms with E-state index in [9.17, 15) is 9.59 Å². The van der Waals surface area contributed by atoms with Crippen LogP contribution in [0.1, 0.15) is 49.2 Å². The normalized spacial score (nSPS) is 14.0. The molecular weight excluding hydrogens is 448 g/mol. The molecule has 1 aliphatic carbocycles. The predicted molar refractivity (Wildman–Crippen MR) is 129 cm³/mol. The fourth-order valence-electron chi connectivity index (χ4n) is 4.01. The highest BCUT2D eigenvalue weighted by molar-refractivity contribution is 7.98. The highest BCUT2D eigenvalue weighted by Gasteiger charge is 2.22. The quantitative estimate of drug-likeness (QED) is 0.299. The summed E-state index contributed by atoms with van der Waals surface area (Å²) in [6.45, 7) is 5.00. The molecule has 0 radical (unpaired) electrons. The summed E-state index contributed by atoms with van der Waals surface area (Å²) in [5, 5.41) is 3.42. The first kappa shape index (κ1) is 20.9. The minimum absolute atomic E-state index is 0.0756. The van der Waals surface area contributed by atoms with Crippen LogP contribution in [0.2, 0.25) is 0 Å². The van der Waals surface area contributed by atoms with Crippen molar-refractivity contribution in [2.45, 2.75) is 63.4 Å². The van der Waals surface area contributed by atoms with Crippen LogP contribution in [-0.4, -0.2) is 18.9 Å². The van der Waals surface area contributed by atoms with Crippen LogP contribution in [-0.2, 0) is 25.1 Å². The molecule has 0 spiro atoms. The number of aromatic nitrogens is 4. The van der Waals surface area contributed by atoms with Crippen molar-refractivity contribution in [1.29, 1.82) is 0 Å². The Morgan fingerprint density at radius 3 is 2.87 bits per heavy atom. The van der Waals surface area contributed by atoms with Crippen molar-refractivity contribution in [1.82, 2.24) is 18.9 Å². The number of hydrogen-bond acceptors (Lipinski definition) is 7.